The number of rotatable bonds is 3. The highest BCUT2D eigenvalue weighted by atomic mass is 79.9. The van der Waals surface area contributed by atoms with Crippen molar-refractivity contribution in [2.75, 3.05) is 12.8 Å². The van der Waals surface area contributed by atoms with Gasteiger partial charge < -0.3 is 10.6 Å². The third kappa shape index (κ3) is 3.49. The molecule has 0 spiro atoms. The van der Waals surface area contributed by atoms with Gasteiger partial charge in [0.15, 0.2) is 0 Å². The number of carbonyl (C=O) groups is 1. The second kappa shape index (κ2) is 6.24. The number of hydrogen-bond donors (Lipinski definition) is 1. The first-order chi connectivity index (χ1) is 9.47. The number of carbonyl (C=O) groups excluding carboxylic acids is 1. The van der Waals surface area contributed by atoms with Crippen molar-refractivity contribution in [3.05, 3.63) is 57.3 Å². The summed E-state index contributed by atoms with van der Waals surface area (Å²) in [6.07, 6.45) is 1.59. The van der Waals surface area contributed by atoms with E-state index in [2.05, 4.69) is 20.9 Å². The fourth-order valence-electron chi connectivity index (χ4n) is 1.74. The van der Waals surface area contributed by atoms with Crippen LogP contribution in [0.1, 0.15) is 16.1 Å². The van der Waals surface area contributed by atoms with Crippen LogP contribution in [-0.4, -0.2) is 22.8 Å². The minimum atomic E-state index is -0.170. The maximum Gasteiger partial charge on any atom is 0.272 e. The normalized spacial score (nSPS) is 10.3. The smallest absolute Gasteiger partial charge is 0.272 e. The molecule has 0 saturated carbocycles. The van der Waals surface area contributed by atoms with Crippen molar-refractivity contribution in [2.45, 2.75) is 6.54 Å². The summed E-state index contributed by atoms with van der Waals surface area (Å²) in [5, 5.41) is 0.586. The van der Waals surface area contributed by atoms with E-state index in [1.165, 1.54) is 0 Å². The van der Waals surface area contributed by atoms with Crippen LogP contribution in [0, 0.1) is 0 Å². The van der Waals surface area contributed by atoms with Gasteiger partial charge in [-0.1, -0.05) is 11.6 Å². The molecule has 2 N–H and O–H groups in total. The van der Waals surface area contributed by atoms with Crippen molar-refractivity contribution in [3.63, 3.8) is 0 Å². The minimum absolute atomic E-state index is 0.170. The number of benzene rings is 1. The van der Waals surface area contributed by atoms with E-state index < -0.39 is 0 Å². The second-order valence-corrected chi connectivity index (χ2v) is 5.70. The summed E-state index contributed by atoms with van der Waals surface area (Å²) < 4.78 is 0.829. The summed E-state index contributed by atoms with van der Waals surface area (Å²) in [6, 6.07) is 8.67. The zero-order valence-electron chi connectivity index (χ0n) is 10.8. The molecular formula is C14H13BrClN3O. The van der Waals surface area contributed by atoms with Crippen molar-refractivity contribution in [1.29, 1.82) is 0 Å². The van der Waals surface area contributed by atoms with Crippen LogP contribution < -0.4 is 5.73 Å². The molecule has 1 heterocycles. The van der Waals surface area contributed by atoms with Gasteiger partial charge in [0, 0.05) is 35.0 Å². The average Bonchev–Trinajstić information content (AvgIpc) is 2.43. The summed E-state index contributed by atoms with van der Waals surface area (Å²) in [4.78, 5) is 17.9. The largest absolute Gasteiger partial charge is 0.399 e. The first-order valence-corrected chi connectivity index (χ1v) is 7.05. The number of halogens is 2. The Morgan fingerprint density at radius 1 is 1.40 bits per heavy atom. The Morgan fingerprint density at radius 2 is 2.15 bits per heavy atom. The Morgan fingerprint density at radius 3 is 2.80 bits per heavy atom. The molecule has 2 aromatic rings. The molecule has 6 heteroatoms. The van der Waals surface area contributed by atoms with Crippen LogP contribution in [0.15, 0.2) is 41.0 Å². The predicted octanol–water partition coefficient (Wildman–Crippen LogP) is 3.35. The lowest BCUT2D eigenvalue weighted by Crippen LogP contribution is -2.27. The van der Waals surface area contributed by atoms with E-state index in [0.29, 0.717) is 22.9 Å². The molecule has 4 nitrogen and oxygen atoms in total. The first kappa shape index (κ1) is 14.8. The monoisotopic (exact) mass is 353 g/mol. The summed E-state index contributed by atoms with van der Waals surface area (Å²) >= 11 is 9.38. The van der Waals surface area contributed by atoms with Gasteiger partial charge in [-0.05, 0) is 51.8 Å². The molecule has 0 aliphatic rings. The van der Waals surface area contributed by atoms with E-state index in [9.17, 15) is 4.79 Å². The molecule has 1 aromatic carbocycles. The Labute approximate surface area is 130 Å². The molecule has 1 amide bonds. The van der Waals surface area contributed by atoms with Gasteiger partial charge in [-0.25, -0.2) is 4.98 Å². The molecule has 0 unspecified atom stereocenters. The topological polar surface area (TPSA) is 59.2 Å². The summed E-state index contributed by atoms with van der Waals surface area (Å²) in [5.41, 5.74) is 7.54. The lowest BCUT2D eigenvalue weighted by Gasteiger charge is -2.18. The molecule has 20 heavy (non-hydrogen) atoms. The minimum Gasteiger partial charge on any atom is -0.399 e. The number of nitrogens with two attached hydrogens (primary N) is 1. The van der Waals surface area contributed by atoms with Crippen molar-refractivity contribution < 1.29 is 4.79 Å². The van der Waals surface area contributed by atoms with Crippen LogP contribution in [0.4, 0.5) is 5.69 Å². The van der Waals surface area contributed by atoms with E-state index in [4.69, 9.17) is 17.3 Å². The molecule has 0 aliphatic heterocycles. The zero-order valence-corrected chi connectivity index (χ0v) is 13.1. The van der Waals surface area contributed by atoms with E-state index in [-0.39, 0.29) is 5.91 Å². The molecule has 0 bridgehead atoms. The highest BCUT2D eigenvalue weighted by Gasteiger charge is 2.14. The van der Waals surface area contributed by atoms with Crippen LogP contribution in [-0.2, 0) is 6.54 Å². The van der Waals surface area contributed by atoms with Gasteiger partial charge >= 0.3 is 0 Å². The Balaban J connectivity index is 2.15. The van der Waals surface area contributed by atoms with Gasteiger partial charge in [-0.2, -0.15) is 0 Å². The van der Waals surface area contributed by atoms with Gasteiger partial charge in [0.25, 0.3) is 5.91 Å². The molecule has 0 atom stereocenters. The fraction of sp³-hybridized carbons (Fsp3) is 0.143. The molecule has 104 valence electrons. The first-order valence-electron chi connectivity index (χ1n) is 5.88. The SMILES string of the molecule is CN(Cc1cc(N)ccc1Cl)C(=O)c1ccc(Br)cn1. The summed E-state index contributed by atoms with van der Waals surface area (Å²) in [7, 11) is 1.70. The van der Waals surface area contributed by atoms with Crippen molar-refractivity contribution in [3.8, 4) is 0 Å². The van der Waals surface area contributed by atoms with Gasteiger partial charge in [-0.3, -0.25) is 4.79 Å². The highest BCUT2D eigenvalue weighted by molar-refractivity contribution is 9.10. The van der Waals surface area contributed by atoms with E-state index in [1.807, 2.05) is 0 Å². The molecule has 1 aromatic heterocycles. The predicted molar refractivity (Wildman–Crippen MR) is 83.6 cm³/mol. The quantitative estimate of drug-likeness (QED) is 0.860. The Bertz CT molecular complexity index is 631. The van der Waals surface area contributed by atoms with E-state index in [0.717, 1.165) is 10.0 Å². The van der Waals surface area contributed by atoms with Crippen LogP contribution in [0.3, 0.4) is 0 Å². The lowest BCUT2D eigenvalue weighted by atomic mass is 10.2. The zero-order chi connectivity index (χ0) is 14.7. The maximum absolute atomic E-state index is 12.2. The lowest BCUT2D eigenvalue weighted by molar-refractivity contribution is 0.0779. The van der Waals surface area contributed by atoms with Gasteiger partial charge in [0.1, 0.15) is 5.69 Å². The van der Waals surface area contributed by atoms with Crippen LogP contribution >= 0.6 is 27.5 Å². The Hall–Kier alpha value is -1.59. The highest BCUT2D eigenvalue weighted by Crippen LogP contribution is 2.20. The molecule has 0 saturated heterocycles. The number of nitrogen functional groups attached to an aromatic ring is 1. The molecular weight excluding hydrogens is 342 g/mol. The number of amides is 1. The van der Waals surface area contributed by atoms with E-state index >= 15 is 0 Å². The second-order valence-electron chi connectivity index (χ2n) is 4.37. The molecule has 0 aliphatic carbocycles. The third-order valence-electron chi connectivity index (χ3n) is 2.77. The van der Waals surface area contributed by atoms with Crippen LogP contribution in [0.25, 0.3) is 0 Å². The van der Waals surface area contributed by atoms with Gasteiger partial charge in [-0.15, -0.1) is 0 Å². The third-order valence-corrected chi connectivity index (χ3v) is 3.61. The van der Waals surface area contributed by atoms with Gasteiger partial charge in [0.2, 0.25) is 0 Å². The number of hydrogen-bond acceptors (Lipinski definition) is 3. The summed E-state index contributed by atoms with van der Waals surface area (Å²) in [5.74, 6) is -0.170. The number of anilines is 1. The Kier molecular flexibility index (Phi) is 4.62. The summed E-state index contributed by atoms with van der Waals surface area (Å²) in [6.45, 7) is 0.375. The van der Waals surface area contributed by atoms with E-state index in [1.54, 1.807) is 48.5 Å². The fourth-order valence-corrected chi connectivity index (χ4v) is 2.15. The maximum atomic E-state index is 12.2. The average molecular weight is 355 g/mol. The van der Waals surface area contributed by atoms with Crippen molar-refractivity contribution in [1.82, 2.24) is 9.88 Å². The number of pyridine rings is 1. The van der Waals surface area contributed by atoms with Crippen molar-refractivity contribution >= 4 is 39.1 Å². The van der Waals surface area contributed by atoms with Gasteiger partial charge in [0.05, 0.1) is 0 Å². The standard InChI is InChI=1S/C14H13BrClN3O/c1-19(8-9-6-11(17)3-4-12(9)16)14(20)13-5-2-10(15)7-18-13/h2-7H,8,17H2,1H3. The molecule has 0 fully saturated rings. The number of aromatic nitrogens is 1. The van der Waals surface area contributed by atoms with Crippen molar-refractivity contribution in [2.24, 2.45) is 0 Å². The van der Waals surface area contributed by atoms with Crippen LogP contribution in [0.5, 0.6) is 0 Å². The van der Waals surface area contributed by atoms with Crippen LogP contribution in [0.2, 0.25) is 5.02 Å². The molecule has 2 rings (SSSR count). The number of nitrogens with zero attached hydrogens (tertiary/aromatic N) is 2. The molecule has 0 radical (unpaired) electrons.